The van der Waals surface area contributed by atoms with Gasteiger partial charge in [0.05, 0.1) is 10.5 Å². The molecule has 5 heteroatoms. The highest BCUT2D eigenvalue weighted by molar-refractivity contribution is 9.10. The van der Waals surface area contributed by atoms with E-state index in [9.17, 15) is 13.2 Å². The number of aryl methyl sites for hydroxylation is 1. The molecule has 0 saturated heterocycles. The average molecular weight is 330 g/mol. The third kappa shape index (κ3) is 2.67. The lowest BCUT2D eigenvalue weighted by atomic mass is 9.95. The Balaban J connectivity index is 2.56. The lowest BCUT2D eigenvalue weighted by Crippen LogP contribution is -2.17. The Kier molecular flexibility index (Phi) is 3.96. The molecular formula is C14H11BrF3N. The number of rotatable bonds is 2. The van der Waals surface area contributed by atoms with E-state index in [1.165, 1.54) is 24.3 Å². The summed E-state index contributed by atoms with van der Waals surface area (Å²) in [6, 6.07) is 5.37. The predicted molar refractivity (Wildman–Crippen MR) is 71.2 cm³/mol. The van der Waals surface area contributed by atoms with Crippen LogP contribution in [0.25, 0.3) is 0 Å². The molecule has 0 amide bonds. The van der Waals surface area contributed by atoms with Crippen molar-refractivity contribution >= 4 is 15.9 Å². The van der Waals surface area contributed by atoms with Crippen LogP contribution in [0.4, 0.5) is 13.2 Å². The van der Waals surface area contributed by atoms with E-state index in [1.807, 2.05) is 0 Å². The molecule has 2 rings (SSSR count). The van der Waals surface area contributed by atoms with Crippen molar-refractivity contribution in [3.05, 3.63) is 68.9 Å². The van der Waals surface area contributed by atoms with E-state index in [0.29, 0.717) is 11.1 Å². The van der Waals surface area contributed by atoms with Gasteiger partial charge in [-0.05, 0) is 58.2 Å². The third-order valence-corrected chi connectivity index (χ3v) is 3.57. The summed E-state index contributed by atoms with van der Waals surface area (Å²) in [7, 11) is 0. The Morgan fingerprint density at radius 2 is 1.79 bits per heavy atom. The Bertz CT molecular complexity index is 628. The number of benzene rings is 2. The second-order valence-corrected chi connectivity index (χ2v) is 5.09. The zero-order chi connectivity index (χ0) is 14.2. The van der Waals surface area contributed by atoms with Gasteiger partial charge in [0.2, 0.25) is 0 Å². The van der Waals surface area contributed by atoms with Crippen LogP contribution in [-0.2, 0) is 0 Å². The summed E-state index contributed by atoms with van der Waals surface area (Å²) in [6.45, 7) is 1.64. The highest BCUT2D eigenvalue weighted by Crippen LogP contribution is 2.30. The molecule has 0 aliphatic carbocycles. The molecule has 0 aromatic heterocycles. The first kappa shape index (κ1) is 14.1. The summed E-state index contributed by atoms with van der Waals surface area (Å²) < 4.78 is 40.9. The molecule has 0 bridgehead atoms. The van der Waals surface area contributed by atoms with Crippen molar-refractivity contribution in [2.45, 2.75) is 13.0 Å². The number of hydrogen-bond acceptors (Lipinski definition) is 1. The molecule has 2 aromatic rings. The van der Waals surface area contributed by atoms with Gasteiger partial charge in [0.15, 0.2) is 0 Å². The summed E-state index contributed by atoms with van der Waals surface area (Å²) in [4.78, 5) is 0. The number of nitrogens with two attached hydrogens (primary N) is 1. The SMILES string of the molecule is Cc1cc(F)ccc1C(N)c1c(F)ccc(Br)c1F. The fourth-order valence-corrected chi connectivity index (χ4v) is 2.32. The molecule has 0 aliphatic heterocycles. The number of hydrogen-bond donors (Lipinski definition) is 1. The molecule has 2 N–H and O–H groups in total. The molecule has 0 aliphatic rings. The van der Waals surface area contributed by atoms with Crippen molar-refractivity contribution < 1.29 is 13.2 Å². The van der Waals surface area contributed by atoms with Crippen LogP contribution in [0.1, 0.15) is 22.7 Å². The Hall–Kier alpha value is -1.33. The smallest absolute Gasteiger partial charge is 0.145 e. The molecule has 100 valence electrons. The molecule has 1 nitrogen and oxygen atoms in total. The van der Waals surface area contributed by atoms with E-state index >= 15 is 0 Å². The quantitative estimate of drug-likeness (QED) is 0.820. The number of halogens is 4. The third-order valence-electron chi connectivity index (χ3n) is 2.96. The van der Waals surface area contributed by atoms with Gasteiger partial charge < -0.3 is 5.73 Å². The maximum absolute atomic E-state index is 14.0. The Labute approximate surface area is 117 Å². The first-order valence-corrected chi connectivity index (χ1v) is 6.36. The maximum Gasteiger partial charge on any atom is 0.145 e. The van der Waals surface area contributed by atoms with Gasteiger partial charge in [-0.3, -0.25) is 0 Å². The topological polar surface area (TPSA) is 26.0 Å². The van der Waals surface area contributed by atoms with Gasteiger partial charge in [-0.25, -0.2) is 13.2 Å². The van der Waals surface area contributed by atoms with Gasteiger partial charge >= 0.3 is 0 Å². The Morgan fingerprint density at radius 1 is 1.11 bits per heavy atom. The highest BCUT2D eigenvalue weighted by Gasteiger charge is 2.21. The Morgan fingerprint density at radius 3 is 2.42 bits per heavy atom. The summed E-state index contributed by atoms with van der Waals surface area (Å²) in [6.07, 6.45) is 0. The fraction of sp³-hybridized carbons (Fsp3) is 0.143. The van der Waals surface area contributed by atoms with Crippen LogP contribution in [0.3, 0.4) is 0 Å². The van der Waals surface area contributed by atoms with Gasteiger partial charge in [-0.1, -0.05) is 6.07 Å². The molecule has 0 saturated carbocycles. The predicted octanol–water partition coefficient (Wildman–Crippen LogP) is 4.22. The van der Waals surface area contributed by atoms with E-state index in [1.54, 1.807) is 6.92 Å². The van der Waals surface area contributed by atoms with Gasteiger partial charge in [-0.2, -0.15) is 0 Å². The van der Waals surface area contributed by atoms with Gasteiger partial charge in [-0.15, -0.1) is 0 Å². The second-order valence-electron chi connectivity index (χ2n) is 4.24. The highest BCUT2D eigenvalue weighted by atomic mass is 79.9. The molecule has 0 fully saturated rings. The minimum atomic E-state index is -0.988. The zero-order valence-corrected chi connectivity index (χ0v) is 11.6. The largest absolute Gasteiger partial charge is 0.320 e. The van der Waals surface area contributed by atoms with E-state index in [4.69, 9.17) is 5.73 Å². The standard InChI is InChI=1S/C14H11BrF3N/c1-7-6-8(16)2-3-9(7)14(19)12-11(17)5-4-10(15)13(12)18/h2-6,14H,19H2,1H3. The maximum atomic E-state index is 14.0. The molecule has 2 aromatic carbocycles. The lowest BCUT2D eigenvalue weighted by Gasteiger charge is -2.17. The minimum absolute atomic E-state index is 0.138. The van der Waals surface area contributed by atoms with Crippen LogP contribution < -0.4 is 5.73 Å². The van der Waals surface area contributed by atoms with Crippen molar-refractivity contribution in [1.29, 1.82) is 0 Å². The van der Waals surface area contributed by atoms with E-state index in [-0.39, 0.29) is 10.0 Å². The van der Waals surface area contributed by atoms with Gasteiger partial charge in [0.25, 0.3) is 0 Å². The average Bonchev–Trinajstić information content (AvgIpc) is 2.34. The van der Waals surface area contributed by atoms with Crippen molar-refractivity contribution in [2.24, 2.45) is 5.73 Å². The molecule has 0 radical (unpaired) electrons. The summed E-state index contributed by atoms with van der Waals surface area (Å²) in [5.74, 6) is -1.88. The minimum Gasteiger partial charge on any atom is -0.320 e. The van der Waals surface area contributed by atoms with Gasteiger partial charge in [0.1, 0.15) is 17.5 Å². The van der Waals surface area contributed by atoms with Crippen LogP contribution in [0.5, 0.6) is 0 Å². The normalized spacial score (nSPS) is 12.5. The van der Waals surface area contributed by atoms with Crippen molar-refractivity contribution in [2.75, 3.05) is 0 Å². The lowest BCUT2D eigenvalue weighted by molar-refractivity contribution is 0.538. The van der Waals surface area contributed by atoms with Crippen LogP contribution in [0.2, 0.25) is 0 Å². The van der Waals surface area contributed by atoms with Crippen molar-refractivity contribution in [1.82, 2.24) is 0 Å². The van der Waals surface area contributed by atoms with Crippen LogP contribution in [0, 0.1) is 24.4 Å². The fourth-order valence-electron chi connectivity index (χ4n) is 1.97. The summed E-state index contributed by atoms with van der Waals surface area (Å²) >= 11 is 2.99. The molecule has 19 heavy (non-hydrogen) atoms. The molecule has 0 heterocycles. The van der Waals surface area contributed by atoms with Crippen LogP contribution in [-0.4, -0.2) is 0 Å². The molecule has 1 atom stereocenters. The second kappa shape index (κ2) is 5.35. The first-order chi connectivity index (χ1) is 8.91. The first-order valence-electron chi connectivity index (χ1n) is 5.57. The summed E-state index contributed by atoms with van der Waals surface area (Å²) in [5, 5.41) is 0. The van der Waals surface area contributed by atoms with Gasteiger partial charge in [0, 0.05) is 5.56 Å². The van der Waals surface area contributed by atoms with Crippen LogP contribution in [0.15, 0.2) is 34.8 Å². The summed E-state index contributed by atoms with van der Waals surface area (Å²) in [5.41, 5.74) is 6.71. The van der Waals surface area contributed by atoms with Crippen molar-refractivity contribution in [3.8, 4) is 0 Å². The zero-order valence-electron chi connectivity index (χ0n) is 10.1. The molecule has 0 spiro atoms. The van der Waals surface area contributed by atoms with Crippen molar-refractivity contribution in [3.63, 3.8) is 0 Å². The van der Waals surface area contributed by atoms with E-state index in [2.05, 4.69) is 15.9 Å². The molecule has 1 unspecified atom stereocenters. The monoisotopic (exact) mass is 329 g/mol. The van der Waals surface area contributed by atoms with Crippen LogP contribution >= 0.6 is 15.9 Å². The van der Waals surface area contributed by atoms with E-state index < -0.39 is 23.5 Å². The molecular weight excluding hydrogens is 319 g/mol. The van der Waals surface area contributed by atoms with E-state index in [0.717, 1.165) is 6.07 Å².